The maximum Gasteiger partial charge on any atom is 0.407 e. The van der Waals surface area contributed by atoms with E-state index in [9.17, 15) is 19.7 Å². The molecule has 0 aromatic rings. The molecule has 0 aromatic heterocycles. The van der Waals surface area contributed by atoms with E-state index in [0.717, 1.165) is 0 Å². The van der Waals surface area contributed by atoms with Crippen LogP contribution in [0.25, 0.3) is 0 Å². The third-order valence-corrected chi connectivity index (χ3v) is 2.57. The number of rotatable bonds is 7. The molecule has 2 unspecified atom stereocenters. The van der Waals surface area contributed by atoms with Gasteiger partial charge in [-0.25, -0.2) is 4.79 Å². The Labute approximate surface area is 124 Å². The van der Waals surface area contributed by atoms with Crippen molar-refractivity contribution in [1.82, 2.24) is 5.32 Å². The van der Waals surface area contributed by atoms with Gasteiger partial charge in [0.05, 0.1) is 18.9 Å². The number of nitrogens with one attached hydrogen (secondary N) is 1. The van der Waals surface area contributed by atoms with Crippen molar-refractivity contribution in [2.45, 2.75) is 52.7 Å². The topological polar surface area (TPSA) is 108 Å². The van der Waals surface area contributed by atoms with Crippen LogP contribution in [0.15, 0.2) is 0 Å². The summed E-state index contributed by atoms with van der Waals surface area (Å²) >= 11 is 0. The summed E-state index contributed by atoms with van der Waals surface area (Å²) in [6.45, 7) is 8.16. The van der Waals surface area contributed by atoms with Crippen molar-refractivity contribution in [3.8, 4) is 0 Å². The molecule has 0 rings (SSSR count). The van der Waals surface area contributed by atoms with Gasteiger partial charge in [-0.1, -0.05) is 0 Å². The Hall–Kier alpha value is -1.86. The van der Waals surface area contributed by atoms with E-state index < -0.39 is 41.1 Å². The summed E-state index contributed by atoms with van der Waals surface area (Å²) in [4.78, 5) is 33.3. The van der Waals surface area contributed by atoms with Gasteiger partial charge in [0, 0.05) is 11.0 Å². The number of hydrogen-bond acceptors (Lipinski definition) is 6. The summed E-state index contributed by atoms with van der Waals surface area (Å²) in [6.07, 6.45) is -0.807. The van der Waals surface area contributed by atoms with Gasteiger partial charge in [-0.2, -0.15) is 0 Å². The molecule has 0 heterocycles. The van der Waals surface area contributed by atoms with Crippen LogP contribution in [-0.4, -0.2) is 41.8 Å². The standard InChI is InChI=1S/C13H24N2O6/c1-6-20-11(16)7-10(8-15(18)19)9(2)14-12(17)21-13(3,4)5/h9-10H,6-8H2,1-5H3,(H,14,17). The lowest BCUT2D eigenvalue weighted by atomic mass is 9.97. The van der Waals surface area contributed by atoms with Gasteiger partial charge in [-0.05, 0) is 34.6 Å². The summed E-state index contributed by atoms with van der Waals surface area (Å²) in [5.74, 6) is -1.19. The third kappa shape index (κ3) is 9.64. The molecule has 0 radical (unpaired) electrons. The Bertz CT molecular complexity index is 377. The van der Waals surface area contributed by atoms with E-state index in [0.29, 0.717) is 0 Å². The first-order valence-corrected chi connectivity index (χ1v) is 6.82. The maximum absolute atomic E-state index is 11.7. The minimum atomic E-state index is -0.674. The molecular formula is C13H24N2O6. The first-order valence-electron chi connectivity index (χ1n) is 6.82. The van der Waals surface area contributed by atoms with Crippen molar-refractivity contribution < 1.29 is 24.0 Å². The molecule has 8 heteroatoms. The Morgan fingerprint density at radius 2 is 1.90 bits per heavy atom. The summed E-state index contributed by atoms with van der Waals surface area (Å²) in [6, 6.07) is -0.588. The largest absolute Gasteiger partial charge is 0.466 e. The number of nitro groups is 1. The van der Waals surface area contributed by atoms with Crippen LogP contribution in [0.1, 0.15) is 41.0 Å². The lowest BCUT2D eigenvalue weighted by Crippen LogP contribution is -2.44. The minimum Gasteiger partial charge on any atom is -0.466 e. The Kier molecular flexibility index (Phi) is 7.69. The summed E-state index contributed by atoms with van der Waals surface area (Å²) in [7, 11) is 0. The highest BCUT2D eigenvalue weighted by Gasteiger charge is 2.28. The molecule has 1 N–H and O–H groups in total. The van der Waals surface area contributed by atoms with Crippen molar-refractivity contribution in [1.29, 1.82) is 0 Å². The van der Waals surface area contributed by atoms with Gasteiger partial charge in [-0.15, -0.1) is 0 Å². The highest BCUT2D eigenvalue weighted by molar-refractivity contribution is 5.70. The zero-order valence-corrected chi connectivity index (χ0v) is 13.2. The van der Waals surface area contributed by atoms with Gasteiger partial charge >= 0.3 is 12.1 Å². The van der Waals surface area contributed by atoms with Crippen molar-refractivity contribution >= 4 is 12.1 Å². The number of alkyl carbamates (subject to hydrolysis) is 1. The predicted molar refractivity (Wildman–Crippen MR) is 75.4 cm³/mol. The molecule has 0 saturated heterocycles. The SMILES string of the molecule is CCOC(=O)CC(C[N+](=O)[O-])C(C)NC(=O)OC(C)(C)C. The van der Waals surface area contributed by atoms with E-state index in [1.165, 1.54) is 0 Å². The van der Waals surface area contributed by atoms with Gasteiger partial charge < -0.3 is 14.8 Å². The number of carbonyl (C=O) groups is 2. The van der Waals surface area contributed by atoms with Crippen LogP contribution in [0.3, 0.4) is 0 Å². The van der Waals surface area contributed by atoms with Crippen molar-refractivity contribution in [3.63, 3.8) is 0 Å². The number of hydrogen-bond donors (Lipinski definition) is 1. The smallest absolute Gasteiger partial charge is 0.407 e. The first kappa shape index (κ1) is 19.1. The lowest BCUT2D eigenvalue weighted by Gasteiger charge is -2.24. The molecule has 2 atom stereocenters. The van der Waals surface area contributed by atoms with Gasteiger partial charge in [0.25, 0.3) is 0 Å². The zero-order chi connectivity index (χ0) is 16.6. The Balaban J connectivity index is 4.63. The Morgan fingerprint density at radius 3 is 2.33 bits per heavy atom. The van der Waals surface area contributed by atoms with E-state index in [4.69, 9.17) is 9.47 Å². The van der Waals surface area contributed by atoms with Gasteiger partial charge in [0.15, 0.2) is 0 Å². The van der Waals surface area contributed by atoms with Crippen LogP contribution in [0.2, 0.25) is 0 Å². The van der Waals surface area contributed by atoms with Crippen LogP contribution in [0.4, 0.5) is 4.79 Å². The summed E-state index contributed by atoms with van der Waals surface area (Å²) in [5, 5.41) is 13.2. The van der Waals surface area contributed by atoms with E-state index >= 15 is 0 Å². The van der Waals surface area contributed by atoms with Crippen molar-refractivity contribution in [2.75, 3.05) is 13.2 Å². The van der Waals surface area contributed by atoms with Crippen molar-refractivity contribution in [3.05, 3.63) is 10.1 Å². The second-order valence-corrected chi connectivity index (χ2v) is 5.72. The van der Waals surface area contributed by atoms with E-state index in [-0.39, 0.29) is 13.0 Å². The third-order valence-electron chi connectivity index (χ3n) is 2.57. The summed E-state index contributed by atoms with van der Waals surface area (Å²) in [5.41, 5.74) is -0.663. The van der Waals surface area contributed by atoms with E-state index in [1.807, 2.05) is 0 Å². The quantitative estimate of drug-likeness (QED) is 0.436. The minimum absolute atomic E-state index is 0.133. The van der Waals surface area contributed by atoms with Gasteiger partial charge in [0.2, 0.25) is 6.54 Å². The fourth-order valence-electron chi connectivity index (χ4n) is 1.64. The second-order valence-electron chi connectivity index (χ2n) is 5.72. The molecule has 0 saturated carbocycles. The Morgan fingerprint density at radius 1 is 1.33 bits per heavy atom. The maximum atomic E-state index is 11.7. The van der Waals surface area contributed by atoms with Crippen LogP contribution in [0, 0.1) is 16.0 Å². The molecule has 122 valence electrons. The van der Waals surface area contributed by atoms with Crippen LogP contribution in [0.5, 0.6) is 0 Å². The van der Waals surface area contributed by atoms with Gasteiger partial charge in [-0.3, -0.25) is 14.9 Å². The molecule has 21 heavy (non-hydrogen) atoms. The monoisotopic (exact) mass is 304 g/mol. The second kappa shape index (κ2) is 8.43. The number of amides is 1. The average molecular weight is 304 g/mol. The fraction of sp³-hybridized carbons (Fsp3) is 0.846. The van der Waals surface area contributed by atoms with Crippen LogP contribution >= 0.6 is 0 Å². The number of carbonyl (C=O) groups excluding carboxylic acids is 2. The molecule has 0 aromatic carbocycles. The average Bonchev–Trinajstić information content (AvgIpc) is 2.24. The molecule has 0 aliphatic carbocycles. The van der Waals surface area contributed by atoms with E-state index in [1.54, 1.807) is 34.6 Å². The predicted octanol–water partition coefficient (Wildman–Crippen LogP) is 1.75. The summed E-state index contributed by atoms with van der Waals surface area (Å²) < 4.78 is 9.86. The molecule has 0 bridgehead atoms. The molecule has 1 amide bonds. The molecule has 0 aliphatic heterocycles. The normalized spacial score (nSPS) is 14.0. The zero-order valence-electron chi connectivity index (χ0n) is 13.2. The fourth-order valence-corrected chi connectivity index (χ4v) is 1.64. The number of nitrogens with zero attached hydrogens (tertiary/aromatic N) is 1. The molecule has 0 spiro atoms. The number of esters is 1. The van der Waals surface area contributed by atoms with Crippen LogP contribution in [-0.2, 0) is 14.3 Å². The van der Waals surface area contributed by atoms with Crippen LogP contribution < -0.4 is 5.32 Å². The first-order chi connectivity index (χ1) is 9.55. The lowest BCUT2D eigenvalue weighted by molar-refractivity contribution is -0.488. The highest BCUT2D eigenvalue weighted by atomic mass is 16.6. The molecule has 8 nitrogen and oxygen atoms in total. The van der Waals surface area contributed by atoms with E-state index in [2.05, 4.69) is 5.32 Å². The van der Waals surface area contributed by atoms with Gasteiger partial charge in [0.1, 0.15) is 5.60 Å². The number of ether oxygens (including phenoxy) is 2. The molecule has 0 fully saturated rings. The molecule has 0 aliphatic rings. The highest BCUT2D eigenvalue weighted by Crippen LogP contribution is 2.13. The molecular weight excluding hydrogens is 280 g/mol. The van der Waals surface area contributed by atoms with Crippen molar-refractivity contribution in [2.24, 2.45) is 5.92 Å².